The minimum Gasteiger partial charge on any atom is -0.481 e. The predicted molar refractivity (Wildman–Crippen MR) is 59.2 cm³/mol. The van der Waals surface area contributed by atoms with Crippen LogP contribution in [0.25, 0.3) is 0 Å². The van der Waals surface area contributed by atoms with Gasteiger partial charge in [0.15, 0.2) is 0 Å². The first-order valence-corrected chi connectivity index (χ1v) is 5.49. The van der Waals surface area contributed by atoms with E-state index in [2.05, 4.69) is 0 Å². The highest BCUT2D eigenvalue weighted by Crippen LogP contribution is 2.45. The summed E-state index contributed by atoms with van der Waals surface area (Å²) < 4.78 is 12.6. The number of carboxylic acid groups (broad SMARTS) is 1. The number of benzene rings is 1. The molecule has 0 radical (unpaired) electrons. The number of aryl methyl sites for hydroxylation is 1. The van der Waals surface area contributed by atoms with E-state index in [9.17, 15) is 14.3 Å². The Morgan fingerprint density at radius 1 is 1.50 bits per heavy atom. The molecule has 16 heavy (non-hydrogen) atoms. The Morgan fingerprint density at radius 2 is 2.19 bits per heavy atom. The number of hydrogen-bond donors (Lipinski definition) is 1. The van der Waals surface area contributed by atoms with Crippen LogP contribution in [0.2, 0.25) is 0 Å². The standard InChI is InChI=1S/C13H15FO2/c1-9-3-4-10(8-14)7-11(9)13(12(15)16)5-2-6-13/h3-4,7H,2,5-6,8H2,1H3,(H,15,16). The molecule has 1 aromatic rings. The zero-order chi connectivity index (χ0) is 11.8. The Kier molecular flexibility index (Phi) is 2.70. The van der Waals surface area contributed by atoms with Crippen molar-refractivity contribution in [3.63, 3.8) is 0 Å². The molecule has 1 aliphatic carbocycles. The summed E-state index contributed by atoms with van der Waals surface area (Å²) in [6.07, 6.45) is 2.27. The Bertz CT molecular complexity index is 422. The molecule has 86 valence electrons. The van der Waals surface area contributed by atoms with Crippen LogP contribution in [-0.2, 0) is 16.9 Å². The molecule has 1 aliphatic rings. The van der Waals surface area contributed by atoms with Crippen LogP contribution in [0, 0.1) is 6.92 Å². The van der Waals surface area contributed by atoms with Crippen LogP contribution >= 0.6 is 0 Å². The van der Waals surface area contributed by atoms with E-state index >= 15 is 0 Å². The number of alkyl halides is 1. The van der Waals surface area contributed by atoms with Gasteiger partial charge in [-0.15, -0.1) is 0 Å². The molecule has 0 aliphatic heterocycles. The van der Waals surface area contributed by atoms with Gasteiger partial charge < -0.3 is 5.11 Å². The second-order valence-corrected chi connectivity index (χ2v) is 4.52. The highest BCUT2D eigenvalue weighted by atomic mass is 19.1. The van der Waals surface area contributed by atoms with Gasteiger partial charge in [-0.05, 0) is 36.5 Å². The van der Waals surface area contributed by atoms with Gasteiger partial charge in [0.05, 0.1) is 5.41 Å². The number of hydrogen-bond acceptors (Lipinski definition) is 1. The fourth-order valence-electron chi connectivity index (χ4n) is 2.40. The molecular formula is C13H15FO2. The van der Waals surface area contributed by atoms with Crippen molar-refractivity contribution in [1.82, 2.24) is 0 Å². The molecule has 0 aromatic heterocycles. The summed E-state index contributed by atoms with van der Waals surface area (Å²) in [5.41, 5.74) is 1.55. The summed E-state index contributed by atoms with van der Waals surface area (Å²) in [6, 6.07) is 5.24. The average Bonchev–Trinajstić information content (AvgIpc) is 2.18. The van der Waals surface area contributed by atoms with Gasteiger partial charge in [-0.2, -0.15) is 0 Å². The van der Waals surface area contributed by atoms with E-state index in [1.807, 2.05) is 13.0 Å². The summed E-state index contributed by atoms with van der Waals surface area (Å²) in [7, 11) is 0. The second-order valence-electron chi connectivity index (χ2n) is 4.52. The molecule has 0 heterocycles. The Labute approximate surface area is 94.1 Å². The minimum atomic E-state index is -0.780. The van der Waals surface area contributed by atoms with Crippen LogP contribution in [0.3, 0.4) is 0 Å². The fraction of sp³-hybridized carbons (Fsp3) is 0.462. The summed E-state index contributed by atoms with van der Waals surface area (Å²) in [4.78, 5) is 11.4. The van der Waals surface area contributed by atoms with Crippen LogP contribution < -0.4 is 0 Å². The smallest absolute Gasteiger partial charge is 0.314 e. The lowest BCUT2D eigenvalue weighted by Gasteiger charge is -2.39. The van der Waals surface area contributed by atoms with E-state index < -0.39 is 18.1 Å². The number of halogens is 1. The molecule has 0 unspecified atom stereocenters. The van der Waals surface area contributed by atoms with Crippen molar-refractivity contribution in [2.75, 3.05) is 0 Å². The molecule has 3 heteroatoms. The lowest BCUT2D eigenvalue weighted by Crippen LogP contribution is -2.42. The van der Waals surface area contributed by atoms with Crippen LogP contribution in [-0.4, -0.2) is 11.1 Å². The van der Waals surface area contributed by atoms with E-state index in [0.29, 0.717) is 18.4 Å². The molecule has 1 saturated carbocycles. The van der Waals surface area contributed by atoms with E-state index in [1.54, 1.807) is 12.1 Å². The number of aliphatic carboxylic acids is 1. The lowest BCUT2D eigenvalue weighted by atomic mass is 9.63. The molecule has 0 saturated heterocycles. The summed E-state index contributed by atoms with van der Waals surface area (Å²) in [5, 5.41) is 9.33. The third kappa shape index (κ3) is 1.51. The predicted octanol–water partition coefficient (Wildman–Crippen LogP) is 2.97. The van der Waals surface area contributed by atoms with Crippen LogP contribution in [0.1, 0.15) is 36.0 Å². The van der Waals surface area contributed by atoms with Gasteiger partial charge in [-0.3, -0.25) is 4.79 Å². The molecule has 0 spiro atoms. The molecule has 0 amide bonds. The highest BCUT2D eigenvalue weighted by molar-refractivity contribution is 5.83. The van der Waals surface area contributed by atoms with Crippen molar-refractivity contribution in [2.45, 2.75) is 38.3 Å². The van der Waals surface area contributed by atoms with E-state index in [0.717, 1.165) is 17.5 Å². The van der Waals surface area contributed by atoms with Crippen molar-refractivity contribution in [3.05, 3.63) is 34.9 Å². The molecule has 2 nitrogen and oxygen atoms in total. The van der Waals surface area contributed by atoms with Crippen molar-refractivity contribution in [2.24, 2.45) is 0 Å². The first-order valence-electron chi connectivity index (χ1n) is 5.49. The first kappa shape index (κ1) is 11.1. The maximum atomic E-state index is 12.6. The van der Waals surface area contributed by atoms with Gasteiger partial charge in [0.1, 0.15) is 6.67 Å². The van der Waals surface area contributed by atoms with Gasteiger partial charge in [-0.1, -0.05) is 24.6 Å². The van der Waals surface area contributed by atoms with Gasteiger partial charge >= 0.3 is 5.97 Å². The number of rotatable bonds is 3. The van der Waals surface area contributed by atoms with Gasteiger partial charge in [0.2, 0.25) is 0 Å². The Hall–Kier alpha value is -1.38. The Morgan fingerprint density at radius 3 is 2.62 bits per heavy atom. The maximum Gasteiger partial charge on any atom is 0.314 e. The van der Waals surface area contributed by atoms with Crippen molar-refractivity contribution in [1.29, 1.82) is 0 Å². The third-order valence-electron chi connectivity index (χ3n) is 3.59. The number of carboxylic acids is 1. The minimum absolute atomic E-state index is 0.539. The zero-order valence-corrected chi connectivity index (χ0v) is 9.29. The molecule has 0 bridgehead atoms. The van der Waals surface area contributed by atoms with E-state index in [-0.39, 0.29) is 0 Å². The van der Waals surface area contributed by atoms with E-state index in [1.165, 1.54) is 0 Å². The fourth-order valence-corrected chi connectivity index (χ4v) is 2.40. The lowest BCUT2D eigenvalue weighted by molar-refractivity contribution is -0.147. The molecule has 1 aromatic carbocycles. The maximum absolute atomic E-state index is 12.6. The Balaban J connectivity index is 2.49. The second kappa shape index (κ2) is 3.89. The largest absolute Gasteiger partial charge is 0.481 e. The first-order chi connectivity index (χ1) is 7.60. The topological polar surface area (TPSA) is 37.3 Å². The van der Waals surface area contributed by atoms with Crippen molar-refractivity contribution < 1.29 is 14.3 Å². The highest BCUT2D eigenvalue weighted by Gasteiger charge is 2.46. The normalized spacial score (nSPS) is 17.9. The van der Waals surface area contributed by atoms with E-state index in [4.69, 9.17) is 0 Å². The summed E-state index contributed by atoms with van der Waals surface area (Å²) >= 11 is 0. The summed E-state index contributed by atoms with van der Waals surface area (Å²) in [6.45, 7) is 1.35. The van der Waals surface area contributed by atoms with Gasteiger partial charge in [0.25, 0.3) is 0 Å². The molecule has 1 N–H and O–H groups in total. The monoisotopic (exact) mass is 222 g/mol. The zero-order valence-electron chi connectivity index (χ0n) is 9.29. The van der Waals surface area contributed by atoms with Gasteiger partial charge in [0, 0.05) is 0 Å². The molecule has 2 rings (SSSR count). The van der Waals surface area contributed by atoms with Crippen molar-refractivity contribution >= 4 is 5.97 Å². The van der Waals surface area contributed by atoms with Crippen LogP contribution in [0.15, 0.2) is 18.2 Å². The third-order valence-corrected chi connectivity index (χ3v) is 3.59. The molecule has 0 atom stereocenters. The van der Waals surface area contributed by atoms with Crippen LogP contribution in [0.4, 0.5) is 4.39 Å². The van der Waals surface area contributed by atoms with Gasteiger partial charge in [-0.25, -0.2) is 4.39 Å². The SMILES string of the molecule is Cc1ccc(CF)cc1C1(C(=O)O)CCC1. The van der Waals surface area contributed by atoms with Crippen LogP contribution in [0.5, 0.6) is 0 Å². The molecule has 1 fully saturated rings. The quantitative estimate of drug-likeness (QED) is 0.853. The summed E-state index contributed by atoms with van der Waals surface area (Å²) in [5.74, 6) is -0.780. The average molecular weight is 222 g/mol. The molecular weight excluding hydrogens is 207 g/mol. The van der Waals surface area contributed by atoms with Crippen molar-refractivity contribution in [3.8, 4) is 0 Å². The number of carbonyl (C=O) groups is 1.